The zero-order chi connectivity index (χ0) is 24.3. The third-order valence-corrected chi connectivity index (χ3v) is 7.15. The van der Waals surface area contributed by atoms with Gasteiger partial charge in [0.2, 0.25) is 0 Å². The first-order valence-electron chi connectivity index (χ1n) is 11.8. The maximum Gasteiger partial charge on any atom is 0.271 e. The molecule has 1 aromatic heterocycles. The second-order valence-corrected chi connectivity index (χ2v) is 10.2. The highest BCUT2D eigenvalue weighted by Gasteiger charge is 2.42. The predicted molar refractivity (Wildman–Crippen MR) is 137 cm³/mol. The van der Waals surface area contributed by atoms with Crippen LogP contribution in [0.4, 0.5) is 11.4 Å². The largest absolute Gasteiger partial charge is 0.358 e. The lowest BCUT2D eigenvalue weighted by atomic mass is 9.69. The summed E-state index contributed by atoms with van der Waals surface area (Å²) in [5.74, 6) is -0.135. The van der Waals surface area contributed by atoms with E-state index in [0.29, 0.717) is 12.1 Å². The summed E-state index contributed by atoms with van der Waals surface area (Å²) in [4.78, 5) is 24.8. The Morgan fingerprint density at radius 3 is 2.66 bits per heavy atom. The summed E-state index contributed by atoms with van der Waals surface area (Å²) in [5, 5.41) is 17.3. The summed E-state index contributed by atoms with van der Waals surface area (Å²) in [7, 11) is 0. The molecule has 0 saturated carbocycles. The number of anilines is 1. The molecule has 0 saturated heterocycles. The van der Waals surface area contributed by atoms with Crippen LogP contribution in [0.5, 0.6) is 0 Å². The SMILES string of the molecule is CC1(C)CC(=O)C2=C(C1)Nc1ccc3ccccc3c1[C@H]2c1cccn1-c1cccc([N+](=O)[O-])c1. The maximum absolute atomic E-state index is 13.7. The van der Waals surface area contributed by atoms with E-state index in [-0.39, 0.29) is 27.7 Å². The van der Waals surface area contributed by atoms with Gasteiger partial charge in [-0.05, 0) is 52.4 Å². The van der Waals surface area contributed by atoms with Gasteiger partial charge in [0, 0.05) is 47.4 Å². The summed E-state index contributed by atoms with van der Waals surface area (Å²) in [6, 6.07) is 23.0. The van der Waals surface area contributed by atoms with Crippen LogP contribution >= 0.6 is 0 Å². The van der Waals surface area contributed by atoms with Crippen molar-refractivity contribution >= 4 is 27.9 Å². The fourth-order valence-electron chi connectivity index (χ4n) is 5.72. The first-order valence-corrected chi connectivity index (χ1v) is 11.8. The number of nitrogens with zero attached hydrogens (tertiary/aromatic N) is 2. The molecule has 35 heavy (non-hydrogen) atoms. The Hall–Kier alpha value is -4.19. The van der Waals surface area contributed by atoms with Gasteiger partial charge in [-0.2, -0.15) is 0 Å². The number of non-ortho nitro benzene ring substituents is 1. The van der Waals surface area contributed by atoms with E-state index in [1.54, 1.807) is 12.1 Å². The lowest BCUT2D eigenvalue weighted by molar-refractivity contribution is -0.384. The van der Waals surface area contributed by atoms with Crippen molar-refractivity contribution < 1.29 is 9.72 Å². The minimum Gasteiger partial charge on any atom is -0.358 e. The summed E-state index contributed by atoms with van der Waals surface area (Å²) in [6.07, 6.45) is 3.19. The maximum atomic E-state index is 13.7. The average Bonchev–Trinajstić information content (AvgIpc) is 3.31. The van der Waals surface area contributed by atoms with E-state index in [0.717, 1.165) is 45.4 Å². The van der Waals surface area contributed by atoms with Crippen molar-refractivity contribution in [2.45, 2.75) is 32.6 Å². The first kappa shape index (κ1) is 21.4. The minimum absolute atomic E-state index is 0.0358. The molecule has 2 heterocycles. The molecule has 0 spiro atoms. The number of nitrogens with one attached hydrogen (secondary N) is 1. The number of hydrogen-bond acceptors (Lipinski definition) is 4. The summed E-state index contributed by atoms with van der Waals surface area (Å²) in [6.45, 7) is 4.26. The third kappa shape index (κ3) is 3.44. The van der Waals surface area contributed by atoms with Crippen molar-refractivity contribution in [2.75, 3.05) is 5.32 Å². The molecule has 4 aromatic rings. The van der Waals surface area contributed by atoms with Crippen molar-refractivity contribution in [3.63, 3.8) is 0 Å². The number of rotatable bonds is 3. The number of fused-ring (bicyclic) bond motifs is 3. The number of aromatic nitrogens is 1. The molecule has 6 rings (SSSR count). The van der Waals surface area contributed by atoms with E-state index in [1.807, 2.05) is 41.1 Å². The van der Waals surface area contributed by atoms with Crippen LogP contribution in [0.3, 0.4) is 0 Å². The Bertz CT molecular complexity index is 1560. The zero-order valence-corrected chi connectivity index (χ0v) is 19.6. The third-order valence-electron chi connectivity index (χ3n) is 7.15. The standard InChI is InChI=1S/C29H25N3O3/c1-29(2)16-23-27(25(33)17-29)28(26-21-10-4-3-7-18(21)12-13-22(26)30-23)24-11-6-14-31(24)19-8-5-9-20(15-19)32(34)35/h3-15,28,30H,16-17H2,1-2H3/t28-/m1/s1. The van der Waals surface area contributed by atoms with Gasteiger partial charge in [-0.3, -0.25) is 14.9 Å². The van der Waals surface area contributed by atoms with E-state index >= 15 is 0 Å². The van der Waals surface area contributed by atoms with Crippen molar-refractivity contribution in [3.05, 3.63) is 112 Å². The zero-order valence-electron chi connectivity index (χ0n) is 19.6. The highest BCUT2D eigenvalue weighted by Crippen LogP contribution is 2.51. The van der Waals surface area contributed by atoms with Crippen molar-refractivity contribution in [2.24, 2.45) is 5.41 Å². The lowest BCUT2D eigenvalue weighted by Crippen LogP contribution is -2.34. The normalized spacial score (nSPS) is 18.7. The van der Waals surface area contributed by atoms with Gasteiger partial charge < -0.3 is 9.88 Å². The Labute approximate surface area is 203 Å². The summed E-state index contributed by atoms with van der Waals surface area (Å²) in [5.41, 5.74) is 5.39. The molecule has 0 amide bonds. The van der Waals surface area contributed by atoms with Gasteiger partial charge in [0.1, 0.15) is 0 Å². The van der Waals surface area contributed by atoms with Gasteiger partial charge in [-0.25, -0.2) is 0 Å². The van der Waals surface area contributed by atoms with Crippen molar-refractivity contribution in [1.82, 2.24) is 4.57 Å². The van der Waals surface area contributed by atoms with Crippen LogP contribution in [-0.4, -0.2) is 15.3 Å². The number of nitro benzene ring substituents is 1. The smallest absolute Gasteiger partial charge is 0.271 e. The van der Waals surface area contributed by atoms with E-state index in [1.165, 1.54) is 6.07 Å². The minimum atomic E-state index is -0.382. The van der Waals surface area contributed by atoms with E-state index in [4.69, 9.17) is 0 Å². The second kappa shape index (κ2) is 7.67. The number of hydrogen-bond donors (Lipinski definition) is 1. The van der Waals surface area contributed by atoms with E-state index in [9.17, 15) is 14.9 Å². The first-order chi connectivity index (χ1) is 16.8. The lowest BCUT2D eigenvalue weighted by Gasteiger charge is -2.40. The van der Waals surface area contributed by atoms with E-state index in [2.05, 4.69) is 43.4 Å². The number of ketones is 1. The molecule has 0 bridgehead atoms. The molecule has 174 valence electrons. The monoisotopic (exact) mass is 463 g/mol. The molecular formula is C29H25N3O3. The molecule has 3 aromatic carbocycles. The molecule has 1 atom stereocenters. The molecule has 1 aliphatic carbocycles. The van der Waals surface area contributed by atoms with Gasteiger partial charge in [0.05, 0.1) is 16.5 Å². The van der Waals surface area contributed by atoms with Crippen molar-refractivity contribution in [3.8, 4) is 5.69 Å². The van der Waals surface area contributed by atoms with Crippen LogP contribution < -0.4 is 5.32 Å². The van der Waals surface area contributed by atoms with Gasteiger partial charge >= 0.3 is 0 Å². The summed E-state index contributed by atoms with van der Waals surface area (Å²) < 4.78 is 1.98. The Balaban J connectivity index is 1.63. The number of nitro groups is 1. The predicted octanol–water partition coefficient (Wildman–Crippen LogP) is 6.74. The van der Waals surface area contributed by atoms with Crippen LogP contribution in [0.25, 0.3) is 16.5 Å². The molecule has 1 aliphatic heterocycles. The van der Waals surface area contributed by atoms with Crippen LogP contribution in [0, 0.1) is 15.5 Å². The topological polar surface area (TPSA) is 77.2 Å². The Morgan fingerprint density at radius 2 is 1.83 bits per heavy atom. The van der Waals surface area contributed by atoms with Crippen molar-refractivity contribution in [1.29, 1.82) is 0 Å². The average molecular weight is 464 g/mol. The number of allylic oxidation sites excluding steroid dienone is 2. The fraction of sp³-hybridized carbons (Fsp3) is 0.207. The molecule has 0 radical (unpaired) electrons. The number of benzene rings is 3. The Kier molecular flexibility index (Phi) is 4.68. The second-order valence-electron chi connectivity index (χ2n) is 10.2. The van der Waals surface area contributed by atoms with E-state index < -0.39 is 0 Å². The van der Waals surface area contributed by atoms with Gasteiger partial charge in [-0.15, -0.1) is 0 Å². The number of carbonyl (C=O) groups excluding carboxylic acids is 1. The van der Waals surface area contributed by atoms with Crippen LogP contribution in [0.15, 0.2) is 90.3 Å². The highest BCUT2D eigenvalue weighted by atomic mass is 16.6. The molecule has 6 heteroatoms. The molecular weight excluding hydrogens is 438 g/mol. The number of Topliss-reactive ketones (excluding diaryl/α,β-unsaturated/α-hetero) is 1. The Morgan fingerprint density at radius 1 is 1.00 bits per heavy atom. The fourth-order valence-corrected chi connectivity index (χ4v) is 5.72. The molecule has 0 unspecified atom stereocenters. The number of carbonyl (C=O) groups is 1. The van der Waals surface area contributed by atoms with Gasteiger partial charge in [0.25, 0.3) is 5.69 Å². The molecule has 2 aliphatic rings. The molecule has 1 N–H and O–H groups in total. The van der Waals surface area contributed by atoms with Crippen LogP contribution in [0.1, 0.15) is 43.9 Å². The quantitative estimate of drug-likeness (QED) is 0.270. The van der Waals surface area contributed by atoms with Crippen LogP contribution in [0.2, 0.25) is 0 Å². The summed E-state index contributed by atoms with van der Waals surface area (Å²) >= 11 is 0. The van der Waals surface area contributed by atoms with Gasteiger partial charge in [0.15, 0.2) is 5.78 Å². The highest BCUT2D eigenvalue weighted by molar-refractivity contribution is 6.04. The molecule has 6 nitrogen and oxygen atoms in total. The van der Waals surface area contributed by atoms with Gasteiger partial charge in [-0.1, -0.05) is 50.2 Å². The van der Waals surface area contributed by atoms with Crippen LogP contribution in [-0.2, 0) is 4.79 Å². The molecule has 0 fully saturated rings.